The van der Waals surface area contributed by atoms with Crippen LogP contribution >= 0.6 is 0 Å². The third kappa shape index (κ3) is 3.16. The predicted molar refractivity (Wildman–Crippen MR) is 76.4 cm³/mol. The molecular weight excluding hydrogens is 238 g/mol. The minimum absolute atomic E-state index is 0.0145. The Morgan fingerprint density at radius 3 is 2.63 bits per heavy atom. The lowest BCUT2D eigenvalue weighted by molar-refractivity contribution is -0.143. The van der Waals surface area contributed by atoms with Crippen molar-refractivity contribution in [1.82, 2.24) is 5.32 Å². The first-order valence-corrected chi connectivity index (χ1v) is 6.87. The molecule has 104 valence electrons. The molecule has 19 heavy (non-hydrogen) atoms. The van der Waals surface area contributed by atoms with Crippen molar-refractivity contribution in [3.63, 3.8) is 0 Å². The van der Waals surface area contributed by atoms with Gasteiger partial charge in [0.15, 0.2) is 0 Å². The Morgan fingerprint density at radius 1 is 1.42 bits per heavy atom. The van der Waals surface area contributed by atoms with Crippen LogP contribution in [-0.4, -0.2) is 24.2 Å². The Balaban J connectivity index is 1.93. The second kappa shape index (κ2) is 4.97. The molecule has 0 bridgehead atoms. The fourth-order valence-electron chi connectivity index (χ4n) is 2.40. The molecule has 0 amide bonds. The monoisotopic (exact) mass is 261 g/mol. The molecule has 1 aromatic carbocycles. The maximum absolute atomic E-state index is 11.1. The smallest absolute Gasteiger partial charge is 0.310 e. The van der Waals surface area contributed by atoms with E-state index in [1.54, 1.807) is 0 Å². The van der Waals surface area contributed by atoms with Gasteiger partial charge in [0.2, 0.25) is 0 Å². The van der Waals surface area contributed by atoms with E-state index in [-0.39, 0.29) is 5.41 Å². The minimum atomic E-state index is -0.659. The Kier molecular flexibility index (Phi) is 3.68. The van der Waals surface area contributed by atoms with Crippen LogP contribution in [0.4, 0.5) is 0 Å². The van der Waals surface area contributed by atoms with Gasteiger partial charge in [-0.2, -0.15) is 0 Å². The summed E-state index contributed by atoms with van der Waals surface area (Å²) in [5.41, 5.74) is 2.08. The molecule has 0 aromatic heterocycles. The zero-order valence-corrected chi connectivity index (χ0v) is 12.0. The van der Waals surface area contributed by atoms with Gasteiger partial charge in [0.1, 0.15) is 0 Å². The molecule has 1 aromatic rings. The zero-order valence-electron chi connectivity index (χ0n) is 12.0. The summed E-state index contributed by atoms with van der Waals surface area (Å²) in [5.74, 6) is -0.659. The van der Waals surface area contributed by atoms with E-state index in [9.17, 15) is 4.79 Å². The van der Waals surface area contributed by atoms with Gasteiger partial charge in [-0.05, 0) is 25.3 Å². The van der Waals surface area contributed by atoms with Gasteiger partial charge >= 0.3 is 5.97 Å². The second-order valence-electron chi connectivity index (χ2n) is 6.44. The summed E-state index contributed by atoms with van der Waals surface area (Å²) < 4.78 is 0. The van der Waals surface area contributed by atoms with Gasteiger partial charge in [-0.25, -0.2) is 0 Å². The molecule has 3 nitrogen and oxygen atoms in total. The summed E-state index contributed by atoms with van der Waals surface area (Å²) in [4.78, 5) is 11.1. The maximum Gasteiger partial charge on any atom is 0.310 e. The van der Waals surface area contributed by atoms with Crippen LogP contribution in [0, 0.1) is 12.3 Å². The van der Waals surface area contributed by atoms with Crippen LogP contribution < -0.4 is 5.32 Å². The summed E-state index contributed by atoms with van der Waals surface area (Å²) in [6.45, 7) is 7.85. The van der Waals surface area contributed by atoms with Crippen molar-refractivity contribution in [2.75, 3.05) is 13.1 Å². The first kappa shape index (κ1) is 14.1. The number of rotatable bonds is 6. The molecule has 1 aliphatic carbocycles. The number of carboxylic acids is 1. The van der Waals surface area contributed by atoms with Gasteiger partial charge in [-0.15, -0.1) is 0 Å². The number of carboxylic acid groups (broad SMARTS) is 1. The van der Waals surface area contributed by atoms with Gasteiger partial charge in [0.25, 0.3) is 0 Å². The Hall–Kier alpha value is -1.35. The van der Waals surface area contributed by atoms with Gasteiger partial charge in [0, 0.05) is 18.5 Å². The summed E-state index contributed by atoms with van der Waals surface area (Å²) in [5, 5.41) is 12.5. The second-order valence-corrected chi connectivity index (χ2v) is 6.44. The standard InChI is InChI=1S/C16H23NO2/c1-12-5-4-6-13(9-12)15(2,3)10-17-11-16(7-8-16)14(18)19/h4-6,9,17H,7-8,10-11H2,1-3H3,(H,18,19). The molecule has 0 unspecified atom stereocenters. The highest BCUT2D eigenvalue weighted by Gasteiger charge is 2.49. The zero-order chi connectivity index (χ0) is 14.1. The number of benzene rings is 1. The van der Waals surface area contributed by atoms with Crippen LogP contribution in [0.3, 0.4) is 0 Å². The Morgan fingerprint density at radius 2 is 2.11 bits per heavy atom. The average molecular weight is 261 g/mol. The molecular formula is C16H23NO2. The van der Waals surface area contributed by atoms with Crippen LogP contribution in [0.15, 0.2) is 24.3 Å². The SMILES string of the molecule is Cc1cccc(C(C)(C)CNCC2(C(=O)O)CC2)c1. The molecule has 1 aliphatic rings. The number of nitrogens with one attached hydrogen (secondary N) is 1. The average Bonchev–Trinajstić information content (AvgIpc) is 3.10. The summed E-state index contributed by atoms with van der Waals surface area (Å²) in [6, 6.07) is 8.51. The van der Waals surface area contributed by atoms with E-state index in [4.69, 9.17) is 5.11 Å². The van der Waals surface area contributed by atoms with Crippen LogP contribution in [0.25, 0.3) is 0 Å². The molecule has 2 N–H and O–H groups in total. The Bertz CT molecular complexity index is 475. The number of aryl methyl sites for hydroxylation is 1. The number of carbonyl (C=O) groups is 1. The summed E-state index contributed by atoms with van der Waals surface area (Å²) >= 11 is 0. The third-order valence-corrected chi connectivity index (χ3v) is 4.14. The first-order chi connectivity index (χ1) is 8.86. The van der Waals surface area contributed by atoms with Crippen LogP contribution in [0.2, 0.25) is 0 Å². The predicted octanol–water partition coefficient (Wildman–Crippen LogP) is 2.73. The lowest BCUT2D eigenvalue weighted by Gasteiger charge is -2.27. The fourth-order valence-corrected chi connectivity index (χ4v) is 2.40. The highest BCUT2D eigenvalue weighted by atomic mass is 16.4. The van der Waals surface area contributed by atoms with Crippen LogP contribution in [0.1, 0.15) is 37.8 Å². The quantitative estimate of drug-likeness (QED) is 0.828. The topological polar surface area (TPSA) is 49.3 Å². The number of aliphatic carboxylic acids is 1. The van der Waals surface area contributed by atoms with Crippen molar-refractivity contribution >= 4 is 5.97 Å². The van der Waals surface area contributed by atoms with Crippen molar-refractivity contribution in [3.05, 3.63) is 35.4 Å². The largest absolute Gasteiger partial charge is 0.481 e. The highest BCUT2D eigenvalue weighted by Crippen LogP contribution is 2.45. The van der Waals surface area contributed by atoms with E-state index in [0.29, 0.717) is 6.54 Å². The van der Waals surface area contributed by atoms with Crippen LogP contribution in [-0.2, 0) is 10.2 Å². The highest BCUT2D eigenvalue weighted by molar-refractivity contribution is 5.78. The van der Waals surface area contributed by atoms with E-state index < -0.39 is 11.4 Å². The Labute approximate surface area is 115 Å². The number of hydrogen-bond donors (Lipinski definition) is 2. The van der Waals surface area contributed by atoms with E-state index >= 15 is 0 Å². The molecule has 3 heteroatoms. The third-order valence-electron chi connectivity index (χ3n) is 4.14. The van der Waals surface area contributed by atoms with Gasteiger partial charge in [-0.3, -0.25) is 4.79 Å². The lowest BCUT2D eigenvalue weighted by Crippen LogP contribution is -2.38. The summed E-state index contributed by atoms with van der Waals surface area (Å²) in [7, 11) is 0. The molecule has 1 fully saturated rings. The lowest BCUT2D eigenvalue weighted by atomic mass is 9.84. The van der Waals surface area contributed by atoms with Crippen molar-refractivity contribution in [1.29, 1.82) is 0 Å². The van der Waals surface area contributed by atoms with Gasteiger partial charge < -0.3 is 10.4 Å². The van der Waals surface area contributed by atoms with E-state index in [0.717, 1.165) is 19.4 Å². The molecule has 1 saturated carbocycles. The summed E-state index contributed by atoms with van der Waals surface area (Å²) in [6.07, 6.45) is 1.61. The van der Waals surface area contributed by atoms with Crippen LogP contribution in [0.5, 0.6) is 0 Å². The molecule has 0 saturated heterocycles. The number of hydrogen-bond acceptors (Lipinski definition) is 2. The fraction of sp³-hybridized carbons (Fsp3) is 0.562. The normalized spacial score (nSPS) is 17.2. The van der Waals surface area contributed by atoms with Crippen molar-refractivity contribution < 1.29 is 9.90 Å². The minimum Gasteiger partial charge on any atom is -0.481 e. The van der Waals surface area contributed by atoms with Crippen molar-refractivity contribution in [2.24, 2.45) is 5.41 Å². The molecule has 0 heterocycles. The molecule has 0 spiro atoms. The first-order valence-electron chi connectivity index (χ1n) is 6.87. The van der Waals surface area contributed by atoms with Gasteiger partial charge in [-0.1, -0.05) is 43.7 Å². The molecule has 0 radical (unpaired) electrons. The van der Waals surface area contributed by atoms with E-state index in [1.165, 1.54) is 11.1 Å². The van der Waals surface area contributed by atoms with Crippen molar-refractivity contribution in [2.45, 2.75) is 39.0 Å². The molecule has 0 aliphatic heterocycles. The maximum atomic E-state index is 11.1. The van der Waals surface area contributed by atoms with Gasteiger partial charge in [0.05, 0.1) is 5.41 Å². The van der Waals surface area contributed by atoms with E-state index in [2.05, 4.69) is 50.4 Å². The molecule has 2 rings (SSSR count). The molecule has 0 atom stereocenters. The van der Waals surface area contributed by atoms with Crippen molar-refractivity contribution in [3.8, 4) is 0 Å². The van der Waals surface area contributed by atoms with E-state index in [1.807, 2.05) is 0 Å².